The summed E-state index contributed by atoms with van der Waals surface area (Å²) >= 11 is 0. The van der Waals surface area contributed by atoms with Crippen LogP contribution in [0.3, 0.4) is 0 Å². The molecule has 0 aliphatic carbocycles. The normalized spacial score (nSPS) is 10.5. The van der Waals surface area contributed by atoms with Crippen LogP contribution in [0, 0.1) is 30.2 Å². The van der Waals surface area contributed by atoms with Crippen LogP contribution >= 0.6 is 0 Å². The molecule has 0 heterocycles. The summed E-state index contributed by atoms with van der Waals surface area (Å²) in [5, 5.41) is 1.83. The first-order valence-corrected chi connectivity index (χ1v) is 5.81. The van der Waals surface area contributed by atoms with Crippen molar-refractivity contribution in [1.29, 1.82) is 0 Å². The van der Waals surface area contributed by atoms with Crippen LogP contribution in [-0.2, 0) is 0 Å². The molecule has 0 aliphatic rings. The van der Waals surface area contributed by atoms with Gasteiger partial charge >= 0.3 is 0 Å². The predicted molar refractivity (Wildman–Crippen MR) is 69.8 cm³/mol. The van der Waals surface area contributed by atoms with Crippen LogP contribution in [0.5, 0.6) is 0 Å². The Balaban J connectivity index is 2.41. The number of hydrogen-bond acceptors (Lipinski definition) is 2. The summed E-state index contributed by atoms with van der Waals surface area (Å²) < 4.78 is 53.0. The highest BCUT2D eigenvalue weighted by atomic mass is 19.2. The predicted octanol–water partition coefficient (Wildman–Crippen LogP) is 3.39. The zero-order valence-electron chi connectivity index (χ0n) is 10.8. The maximum atomic E-state index is 13.5. The number of rotatable bonds is 2. The van der Waals surface area contributed by atoms with Crippen molar-refractivity contribution in [2.45, 2.75) is 6.92 Å². The third-order valence-electron chi connectivity index (χ3n) is 2.85. The number of halogens is 4. The van der Waals surface area contributed by atoms with Crippen molar-refractivity contribution in [2.75, 3.05) is 11.1 Å². The van der Waals surface area contributed by atoms with Crippen molar-refractivity contribution in [3.8, 4) is 0 Å². The number of carbonyl (C=O) groups is 1. The lowest BCUT2D eigenvalue weighted by atomic mass is 10.1. The second-order valence-electron chi connectivity index (χ2n) is 4.37. The van der Waals surface area contributed by atoms with Gasteiger partial charge in [-0.25, -0.2) is 17.6 Å². The third-order valence-corrected chi connectivity index (χ3v) is 2.85. The minimum atomic E-state index is -1.67. The Morgan fingerprint density at radius 2 is 1.62 bits per heavy atom. The second kappa shape index (κ2) is 5.43. The van der Waals surface area contributed by atoms with E-state index >= 15 is 0 Å². The van der Waals surface area contributed by atoms with Crippen molar-refractivity contribution < 1.29 is 22.4 Å². The number of nitrogens with one attached hydrogen (secondary N) is 1. The SMILES string of the molecule is Cc1cc(N)ccc1C(=O)Nc1c(F)c(F)cc(F)c1F. The Labute approximate surface area is 117 Å². The molecule has 3 nitrogen and oxygen atoms in total. The van der Waals surface area contributed by atoms with Crippen LogP contribution in [-0.4, -0.2) is 5.91 Å². The molecule has 2 aromatic rings. The lowest BCUT2D eigenvalue weighted by molar-refractivity contribution is 0.102. The van der Waals surface area contributed by atoms with Gasteiger partial charge in [-0.15, -0.1) is 0 Å². The Morgan fingerprint density at radius 3 is 2.14 bits per heavy atom. The summed E-state index contributed by atoms with van der Waals surface area (Å²) in [7, 11) is 0. The first kappa shape index (κ1) is 14.8. The molecule has 3 N–H and O–H groups in total. The van der Waals surface area contributed by atoms with E-state index in [1.807, 2.05) is 5.32 Å². The summed E-state index contributed by atoms with van der Waals surface area (Å²) in [6, 6.07) is 4.30. The highest BCUT2D eigenvalue weighted by Gasteiger charge is 2.21. The molecule has 110 valence electrons. The van der Waals surface area contributed by atoms with E-state index in [0.717, 1.165) is 0 Å². The number of benzene rings is 2. The molecule has 7 heteroatoms. The van der Waals surface area contributed by atoms with Crippen LogP contribution in [0.2, 0.25) is 0 Å². The highest BCUT2D eigenvalue weighted by molar-refractivity contribution is 6.05. The number of anilines is 2. The summed E-state index contributed by atoms with van der Waals surface area (Å²) in [4.78, 5) is 11.9. The van der Waals surface area contributed by atoms with Gasteiger partial charge in [0.25, 0.3) is 5.91 Å². The fourth-order valence-electron chi connectivity index (χ4n) is 1.81. The van der Waals surface area contributed by atoms with Gasteiger partial charge in [0, 0.05) is 17.3 Å². The molecule has 1 amide bonds. The van der Waals surface area contributed by atoms with Crippen molar-refractivity contribution in [3.63, 3.8) is 0 Å². The fraction of sp³-hybridized carbons (Fsp3) is 0.0714. The van der Waals surface area contributed by atoms with Gasteiger partial charge in [-0.05, 0) is 30.7 Å². The topological polar surface area (TPSA) is 55.1 Å². The summed E-state index contributed by atoms with van der Waals surface area (Å²) in [6.45, 7) is 1.56. The first-order chi connectivity index (χ1) is 9.81. The lowest BCUT2D eigenvalue weighted by Gasteiger charge is -2.10. The average molecular weight is 298 g/mol. The number of aryl methyl sites for hydroxylation is 1. The Bertz CT molecular complexity index is 705. The molecule has 0 fully saturated rings. The van der Waals surface area contributed by atoms with Gasteiger partial charge in [0.1, 0.15) is 5.69 Å². The first-order valence-electron chi connectivity index (χ1n) is 5.81. The third kappa shape index (κ3) is 2.81. The highest BCUT2D eigenvalue weighted by Crippen LogP contribution is 2.25. The minimum absolute atomic E-state index is 0.0643. The molecule has 0 atom stereocenters. The average Bonchev–Trinajstić information content (AvgIpc) is 2.41. The van der Waals surface area contributed by atoms with Gasteiger partial charge in [0.15, 0.2) is 23.3 Å². The van der Waals surface area contributed by atoms with Crippen molar-refractivity contribution in [3.05, 3.63) is 58.7 Å². The van der Waals surface area contributed by atoms with E-state index in [9.17, 15) is 22.4 Å². The second-order valence-corrected chi connectivity index (χ2v) is 4.37. The summed E-state index contributed by atoms with van der Waals surface area (Å²) in [6.07, 6.45) is 0. The maximum absolute atomic E-state index is 13.5. The Hall–Kier alpha value is -2.57. The van der Waals surface area contributed by atoms with E-state index in [-0.39, 0.29) is 11.6 Å². The zero-order valence-corrected chi connectivity index (χ0v) is 10.8. The molecule has 0 aliphatic heterocycles. The lowest BCUT2D eigenvalue weighted by Crippen LogP contribution is -2.17. The van der Waals surface area contributed by atoms with E-state index < -0.39 is 34.9 Å². The molecule has 0 saturated heterocycles. The van der Waals surface area contributed by atoms with E-state index in [2.05, 4.69) is 0 Å². The molecule has 2 rings (SSSR count). The molecular formula is C14H10F4N2O. The molecule has 2 aromatic carbocycles. The van der Waals surface area contributed by atoms with Crippen LogP contribution in [0.1, 0.15) is 15.9 Å². The molecule has 21 heavy (non-hydrogen) atoms. The number of nitrogens with two attached hydrogens (primary N) is 1. The van der Waals surface area contributed by atoms with Gasteiger partial charge in [-0.2, -0.15) is 0 Å². The van der Waals surface area contributed by atoms with Gasteiger partial charge < -0.3 is 11.1 Å². The molecule has 0 aromatic heterocycles. The van der Waals surface area contributed by atoms with Gasteiger partial charge in [-0.3, -0.25) is 4.79 Å². The van der Waals surface area contributed by atoms with Crippen molar-refractivity contribution >= 4 is 17.3 Å². The monoisotopic (exact) mass is 298 g/mol. The molecule has 0 bridgehead atoms. The molecule has 0 unspecified atom stereocenters. The van der Waals surface area contributed by atoms with Gasteiger partial charge in [0.2, 0.25) is 0 Å². The van der Waals surface area contributed by atoms with Crippen LogP contribution in [0.25, 0.3) is 0 Å². The van der Waals surface area contributed by atoms with Gasteiger partial charge in [0.05, 0.1) is 0 Å². The molecular weight excluding hydrogens is 288 g/mol. The number of amides is 1. The van der Waals surface area contributed by atoms with E-state index in [1.165, 1.54) is 18.2 Å². The van der Waals surface area contributed by atoms with Crippen molar-refractivity contribution in [2.24, 2.45) is 0 Å². The van der Waals surface area contributed by atoms with Crippen molar-refractivity contribution in [1.82, 2.24) is 0 Å². The van der Waals surface area contributed by atoms with Gasteiger partial charge in [-0.1, -0.05) is 0 Å². The van der Waals surface area contributed by atoms with Crippen LogP contribution < -0.4 is 11.1 Å². The number of nitrogen functional groups attached to an aromatic ring is 1. The van der Waals surface area contributed by atoms with E-state index in [1.54, 1.807) is 6.92 Å². The molecule has 0 radical (unpaired) electrons. The van der Waals surface area contributed by atoms with Crippen LogP contribution in [0.4, 0.5) is 28.9 Å². The Kier molecular flexibility index (Phi) is 3.84. The number of carbonyl (C=O) groups excluding carboxylic acids is 1. The minimum Gasteiger partial charge on any atom is -0.399 e. The zero-order chi connectivity index (χ0) is 15.7. The molecule has 0 saturated carbocycles. The van der Waals surface area contributed by atoms with E-state index in [0.29, 0.717) is 11.3 Å². The Morgan fingerprint density at radius 1 is 1.05 bits per heavy atom. The van der Waals surface area contributed by atoms with Crippen LogP contribution in [0.15, 0.2) is 24.3 Å². The fourth-order valence-corrected chi connectivity index (χ4v) is 1.81. The maximum Gasteiger partial charge on any atom is 0.256 e. The molecule has 0 spiro atoms. The quantitative estimate of drug-likeness (QED) is 0.507. The smallest absolute Gasteiger partial charge is 0.256 e. The number of hydrogen-bond donors (Lipinski definition) is 2. The largest absolute Gasteiger partial charge is 0.399 e. The summed E-state index contributed by atoms with van der Waals surface area (Å²) in [5.74, 6) is -7.45. The van der Waals surface area contributed by atoms with E-state index in [4.69, 9.17) is 5.73 Å². The standard InChI is InChI=1S/C14H10F4N2O/c1-6-4-7(19)2-3-8(6)14(21)20-13-11(17)9(15)5-10(16)12(13)18/h2-5H,19H2,1H3,(H,20,21). The summed E-state index contributed by atoms with van der Waals surface area (Å²) in [5.41, 5.74) is 5.27.